The van der Waals surface area contributed by atoms with Crippen molar-refractivity contribution in [3.63, 3.8) is 0 Å². The lowest BCUT2D eigenvalue weighted by Crippen LogP contribution is -2.23. The predicted octanol–water partition coefficient (Wildman–Crippen LogP) is -0.394. The van der Waals surface area contributed by atoms with Gasteiger partial charge in [0.25, 0.3) is 0 Å². The number of hydrogen-bond donors (Lipinski definition) is 3. The van der Waals surface area contributed by atoms with Crippen LogP contribution in [0.2, 0.25) is 0 Å². The van der Waals surface area contributed by atoms with Crippen molar-refractivity contribution in [2.75, 3.05) is 19.8 Å². The molecule has 0 aliphatic heterocycles. The lowest BCUT2D eigenvalue weighted by Gasteiger charge is -2.03. The summed E-state index contributed by atoms with van der Waals surface area (Å²) >= 11 is 0. The van der Waals surface area contributed by atoms with Crippen LogP contribution in [0.1, 0.15) is 5.56 Å². The Hall–Kier alpha value is -1.33. The van der Waals surface area contributed by atoms with E-state index >= 15 is 0 Å². The van der Waals surface area contributed by atoms with Gasteiger partial charge in [-0.25, -0.2) is 0 Å². The molecule has 5 nitrogen and oxygen atoms in total. The molecule has 1 amide bonds. The Labute approximate surface area is 82.6 Å². The van der Waals surface area contributed by atoms with E-state index in [9.17, 15) is 4.79 Å². The third-order valence-corrected chi connectivity index (χ3v) is 1.66. The van der Waals surface area contributed by atoms with Crippen molar-refractivity contribution in [2.24, 2.45) is 5.73 Å². The van der Waals surface area contributed by atoms with E-state index in [0.29, 0.717) is 13.2 Å². The van der Waals surface area contributed by atoms with Gasteiger partial charge in [-0.05, 0) is 11.6 Å². The van der Waals surface area contributed by atoms with Gasteiger partial charge in [-0.1, -0.05) is 0 Å². The fourth-order valence-electron chi connectivity index (χ4n) is 1.02. The van der Waals surface area contributed by atoms with Gasteiger partial charge < -0.3 is 20.8 Å². The van der Waals surface area contributed by atoms with Crippen LogP contribution in [0.15, 0.2) is 18.5 Å². The molecule has 0 radical (unpaired) electrons. The molecule has 5 heteroatoms. The van der Waals surface area contributed by atoms with Crippen LogP contribution >= 0.6 is 0 Å². The Morgan fingerprint density at radius 1 is 1.64 bits per heavy atom. The van der Waals surface area contributed by atoms with Crippen molar-refractivity contribution in [3.8, 4) is 0 Å². The third-order valence-electron chi connectivity index (χ3n) is 1.66. The van der Waals surface area contributed by atoms with Crippen molar-refractivity contribution in [1.29, 1.82) is 0 Å². The van der Waals surface area contributed by atoms with E-state index in [1.54, 1.807) is 0 Å². The smallest absolute Gasteiger partial charge is 0.243 e. The molecule has 0 saturated carbocycles. The second-order valence-corrected chi connectivity index (χ2v) is 2.91. The zero-order valence-electron chi connectivity index (χ0n) is 7.95. The van der Waals surface area contributed by atoms with Gasteiger partial charge in [0.2, 0.25) is 5.91 Å². The number of hydrogen-bond acceptors (Lipinski definition) is 3. The zero-order valence-corrected chi connectivity index (χ0v) is 7.95. The Morgan fingerprint density at radius 3 is 3.14 bits per heavy atom. The highest BCUT2D eigenvalue weighted by Gasteiger charge is 1.94. The predicted molar refractivity (Wildman–Crippen MR) is 52.5 cm³/mol. The number of rotatable bonds is 7. The molecule has 14 heavy (non-hydrogen) atoms. The number of carbonyl (C=O) groups excluding carboxylic acids is 1. The number of ether oxygens (including phenoxy) is 1. The molecule has 0 spiro atoms. The van der Waals surface area contributed by atoms with Crippen LogP contribution in [0, 0.1) is 0 Å². The summed E-state index contributed by atoms with van der Waals surface area (Å²) < 4.78 is 4.97. The van der Waals surface area contributed by atoms with Crippen molar-refractivity contribution in [1.82, 2.24) is 10.3 Å². The number of carbonyl (C=O) groups is 1. The average molecular weight is 197 g/mol. The van der Waals surface area contributed by atoms with Gasteiger partial charge in [-0.15, -0.1) is 0 Å². The minimum absolute atomic E-state index is 0.00810. The van der Waals surface area contributed by atoms with Gasteiger partial charge in [0.1, 0.15) is 6.61 Å². The molecule has 0 unspecified atom stereocenters. The van der Waals surface area contributed by atoms with Crippen LogP contribution in [-0.2, 0) is 16.1 Å². The normalized spacial score (nSPS) is 10.3. The van der Waals surface area contributed by atoms with E-state index in [-0.39, 0.29) is 6.61 Å². The van der Waals surface area contributed by atoms with Gasteiger partial charge >= 0.3 is 0 Å². The highest BCUT2D eigenvalue weighted by molar-refractivity contribution is 5.74. The monoisotopic (exact) mass is 197 g/mol. The Bertz CT molecular complexity index is 259. The van der Waals surface area contributed by atoms with Crippen LogP contribution in [0.4, 0.5) is 0 Å². The molecule has 0 saturated heterocycles. The summed E-state index contributed by atoms with van der Waals surface area (Å²) in [5.41, 5.74) is 6.09. The highest BCUT2D eigenvalue weighted by Crippen LogP contribution is 1.93. The SMILES string of the molecule is NC(=O)COCCNCc1cc[nH]c1. The van der Waals surface area contributed by atoms with Crippen molar-refractivity contribution < 1.29 is 9.53 Å². The van der Waals surface area contributed by atoms with E-state index in [0.717, 1.165) is 6.54 Å². The number of aromatic nitrogens is 1. The minimum atomic E-state index is -0.435. The summed E-state index contributed by atoms with van der Waals surface area (Å²) in [4.78, 5) is 13.3. The first-order valence-corrected chi connectivity index (χ1v) is 4.47. The maximum Gasteiger partial charge on any atom is 0.243 e. The van der Waals surface area contributed by atoms with Crippen molar-refractivity contribution >= 4 is 5.91 Å². The van der Waals surface area contributed by atoms with Crippen LogP contribution in [-0.4, -0.2) is 30.6 Å². The zero-order chi connectivity index (χ0) is 10.2. The molecule has 0 aliphatic rings. The Kier molecular flexibility index (Phi) is 4.74. The van der Waals surface area contributed by atoms with Crippen LogP contribution in [0.3, 0.4) is 0 Å². The highest BCUT2D eigenvalue weighted by atomic mass is 16.5. The second-order valence-electron chi connectivity index (χ2n) is 2.91. The van der Waals surface area contributed by atoms with E-state index in [2.05, 4.69) is 10.3 Å². The van der Waals surface area contributed by atoms with Gasteiger partial charge in [-0.3, -0.25) is 4.79 Å². The van der Waals surface area contributed by atoms with Crippen molar-refractivity contribution in [2.45, 2.75) is 6.54 Å². The summed E-state index contributed by atoms with van der Waals surface area (Å²) in [6.45, 7) is 1.99. The maximum absolute atomic E-state index is 10.3. The molecule has 1 aromatic rings. The number of nitrogens with two attached hydrogens (primary N) is 1. The first kappa shape index (κ1) is 10.7. The number of aromatic amines is 1. The number of amides is 1. The van der Waals surface area contributed by atoms with Crippen LogP contribution < -0.4 is 11.1 Å². The Morgan fingerprint density at radius 2 is 2.50 bits per heavy atom. The Balaban J connectivity index is 1.92. The molecule has 0 fully saturated rings. The molecule has 4 N–H and O–H groups in total. The van der Waals surface area contributed by atoms with Gasteiger partial charge in [0.15, 0.2) is 0 Å². The summed E-state index contributed by atoms with van der Waals surface area (Å²) in [5, 5.41) is 3.16. The molecular formula is C9H15N3O2. The topological polar surface area (TPSA) is 80.1 Å². The summed E-state index contributed by atoms with van der Waals surface area (Å²) in [6, 6.07) is 2.00. The largest absolute Gasteiger partial charge is 0.370 e. The molecule has 0 atom stereocenters. The number of primary amides is 1. The van der Waals surface area contributed by atoms with Gasteiger partial charge in [0, 0.05) is 25.5 Å². The van der Waals surface area contributed by atoms with Gasteiger partial charge in [0.05, 0.1) is 6.61 Å². The maximum atomic E-state index is 10.3. The first-order valence-electron chi connectivity index (χ1n) is 4.47. The molecule has 1 heterocycles. The molecule has 0 bridgehead atoms. The van der Waals surface area contributed by atoms with Gasteiger partial charge in [-0.2, -0.15) is 0 Å². The van der Waals surface area contributed by atoms with Crippen LogP contribution in [0.5, 0.6) is 0 Å². The number of nitrogens with one attached hydrogen (secondary N) is 2. The van der Waals surface area contributed by atoms with Crippen LogP contribution in [0.25, 0.3) is 0 Å². The van der Waals surface area contributed by atoms with E-state index in [1.807, 2.05) is 18.5 Å². The van der Waals surface area contributed by atoms with E-state index in [1.165, 1.54) is 5.56 Å². The lowest BCUT2D eigenvalue weighted by atomic mass is 10.3. The summed E-state index contributed by atoms with van der Waals surface area (Å²) in [7, 11) is 0. The minimum Gasteiger partial charge on any atom is -0.370 e. The van der Waals surface area contributed by atoms with E-state index in [4.69, 9.17) is 10.5 Å². The average Bonchev–Trinajstić information content (AvgIpc) is 2.63. The lowest BCUT2D eigenvalue weighted by molar-refractivity contribution is -0.122. The fourth-order valence-corrected chi connectivity index (χ4v) is 1.02. The molecular weight excluding hydrogens is 182 g/mol. The standard InChI is InChI=1S/C9H15N3O2/c10-9(13)7-14-4-3-12-6-8-1-2-11-5-8/h1-2,5,11-12H,3-4,6-7H2,(H2,10,13). The van der Waals surface area contributed by atoms with E-state index < -0.39 is 5.91 Å². The summed E-state index contributed by atoms with van der Waals surface area (Å²) in [6.07, 6.45) is 3.80. The molecule has 78 valence electrons. The molecule has 0 aromatic carbocycles. The fraction of sp³-hybridized carbons (Fsp3) is 0.444. The molecule has 0 aliphatic carbocycles. The molecule has 1 aromatic heterocycles. The molecule has 1 rings (SSSR count). The van der Waals surface area contributed by atoms with Crippen molar-refractivity contribution in [3.05, 3.63) is 24.0 Å². The third kappa shape index (κ3) is 4.64. The number of H-pyrrole nitrogens is 1. The summed E-state index contributed by atoms with van der Waals surface area (Å²) in [5.74, 6) is -0.435. The first-order chi connectivity index (χ1) is 6.79. The second kappa shape index (κ2) is 6.17. The quantitative estimate of drug-likeness (QED) is 0.521.